The number of sulfonamides is 1. The van der Waals surface area contributed by atoms with Gasteiger partial charge in [0.05, 0.1) is 5.69 Å². The molecule has 1 amide bonds. The Labute approximate surface area is 185 Å². The number of carbonyl (C=O) groups is 1. The molecule has 7 nitrogen and oxygen atoms in total. The second-order valence-electron chi connectivity index (χ2n) is 7.18. The van der Waals surface area contributed by atoms with Crippen LogP contribution in [-0.2, 0) is 14.8 Å². The minimum Gasteiger partial charge on any atom is -0.478 e. The molecule has 1 atom stereocenters. The quantitative estimate of drug-likeness (QED) is 0.563. The van der Waals surface area contributed by atoms with Gasteiger partial charge in [-0.05, 0) is 58.6 Å². The number of halogens is 4. The van der Waals surface area contributed by atoms with Crippen LogP contribution in [-0.4, -0.2) is 26.8 Å². The minimum atomic E-state index is -4.85. The molecule has 0 spiro atoms. The van der Waals surface area contributed by atoms with E-state index in [1.54, 1.807) is 0 Å². The van der Waals surface area contributed by atoms with Crippen LogP contribution < -0.4 is 19.5 Å². The number of rotatable bonds is 6. The van der Waals surface area contributed by atoms with Gasteiger partial charge in [0.1, 0.15) is 16.4 Å². The van der Waals surface area contributed by atoms with E-state index >= 15 is 0 Å². The van der Waals surface area contributed by atoms with Crippen LogP contribution in [0.5, 0.6) is 11.5 Å². The largest absolute Gasteiger partial charge is 0.573 e. The lowest BCUT2D eigenvalue weighted by molar-refractivity contribution is -0.274. The van der Waals surface area contributed by atoms with E-state index in [1.807, 2.05) is 13.8 Å². The lowest BCUT2D eigenvalue weighted by atomic mass is 10.0. The Kier molecular flexibility index (Phi) is 6.42. The molecule has 0 saturated heterocycles. The number of ether oxygens (including phenoxy) is 2. The Morgan fingerprint density at radius 3 is 2.45 bits per heavy atom. The number of anilines is 2. The fraction of sp³-hybridized carbons (Fsp3) is 0.316. The average Bonchev–Trinajstić information content (AvgIpc) is 2.62. The van der Waals surface area contributed by atoms with Gasteiger partial charge < -0.3 is 14.8 Å². The molecule has 0 fully saturated rings. The van der Waals surface area contributed by atoms with E-state index in [0.29, 0.717) is 12.1 Å². The van der Waals surface area contributed by atoms with Gasteiger partial charge in [0.25, 0.3) is 15.9 Å². The maximum atomic E-state index is 12.9. The zero-order valence-electron chi connectivity index (χ0n) is 16.3. The highest BCUT2D eigenvalue weighted by Crippen LogP contribution is 2.38. The highest BCUT2D eigenvalue weighted by atomic mass is 79.9. The maximum absolute atomic E-state index is 12.9. The molecular weight excluding hydrogens is 505 g/mol. The molecule has 0 bridgehead atoms. The third-order valence-electron chi connectivity index (χ3n) is 4.17. The molecule has 31 heavy (non-hydrogen) atoms. The molecule has 1 aliphatic heterocycles. The van der Waals surface area contributed by atoms with E-state index < -0.39 is 28.2 Å². The van der Waals surface area contributed by atoms with Crippen molar-refractivity contribution in [3.05, 3.63) is 40.9 Å². The number of fused-ring (bicyclic) bond motifs is 1. The lowest BCUT2D eigenvalue weighted by Crippen LogP contribution is -2.38. The summed E-state index contributed by atoms with van der Waals surface area (Å²) in [5, 5.41) is 2.69. The van der Waals surface area contributed by atoms with Crippen LogP contribution in [0.1, 0.15) is 20.3 Å². The van der Waals surface area contributed by atoms with E-state index in [-0.39, 0.29) is 32.6 Å². The van der Waals surface area contributed by atoms with Crippen LogP contribution in [0.4, 0.5) is 24.5 Å². The zero-order chi connectivity index (χ0) is 23.0. The number of amides is 1. The highest BCUT2D eigenvalue weighted by molar-refractivity contribution is 9.10. The van der Waals surface area contributed by atoms with Gasteiger partial charge in [-0.2, -0.15) is 0 Å². The number of carbonyl (C=O) groups excluding carboxylic acids is 1. The van der Waals surface area contributed by atoms with Gasteiger partial charge in [-0.15, -0.1) is 13.2 Å². The molecule has 12 heteroatoms. The van der Waals surface area contributed by atoms with Crippen LogP contribution in [0.3, 0.4) is 0 Å². The number of alkyl halides is 3. The predicted octanol–water partition coefficient (Wildman–Crippen LogP) is 4.89. The molecule has 2 aromatic rings. The fourth-order valence-corrected chi connectivity index (χ4v) is 4.99. The molecule has 0 radical (unpaired) electrons. The first-order valence-electron chi connectivity index (χ1n) is 9.04. The van der Waals surface area contributed by atoms with Crippen molar-refractivity contribution < 1.29 is 35.9 Å². The van der Waals surface area contributed by atoms with E-state index in [4.69, 9.17) is 4.74 Å². The highest BCUT2D eigenvalue weighted by Gasteiger charge is 2.32. The van der Waals surface area contributed by atoms with E-state index in [9.17, 15) is 26.4 Å². The molecule has 0 aliphatic carbocycles. The standard InChI is InChI=1S/C19H18BrF3N2O5S/c1-10(2)7-16-18(26)24-14-8-13(20)17(9-15(14)29-16)31(27,28)25-11-3-5-12(6-4-11)30-19(21,22)23/h3-6,8-10,16,25H,7H2,1-2H3,(H,24,26). The summed E-state index contributed by atoms with van der Waals surface area (Å²) >= 11 is 3.17. The molecular formula is C19H18BrF3N2O5S. The van der Waals surface area contributed by atoms with Gasteiger partial charge in [-0.1, -0.05) is 13.8 Å². The van der Waals surface area contributed by atoms with Crippen LogP contribution in [0.2, 0.25) is 0 Å². The Morgan fingerprint density at radius 2 is 1.87 bits per heavy atom. The lowest BCUT2D eigenvalue weighted by Gasteiger charge is -2.27. The molecule has 1 heterocycles. The van der Waals surface area contributed by atoms with Gasteiger partial charge >= 0.3 is 6.36 Å². The van der Waals surface area contributed by atoms with E-state index in [0.717, 1.165) is 24.3 Å². The van der Waals surface area contributed by atoms with E-state index in [1.165, 1.54) is 12.1 Å². The average molecular weight is 523 g/mol. The molecule has 1 aliphatic rings. The van der Waals surface area contributed by atoms with Crippen molar-refractivity contribution in [1.29, 1.82) is 0 Å². The molecule has 2 N–H and O–H groups in total. The maximum Gasteiger partial charge on any atom is 0.573 e. The molecule has 2 aromatic carbocycles. The summed E-state index contributed by atoms with van der Waals surface area (Å²) in [5.74, 6) is -0.418. The Bertz CT molecular complexity index is 1090. The molecule has 0 saturated carbocycles. The van der Waals surface area contributed by atoms with Crippen LogP contribution in [0.15, 0.2) is 45.8 Å². The van der Waals surface area contributed by atoms with Crippen LogP contribution in [0, 0.1) is 5.92 Å². The van der Waals surface area contributed by atoms with Crippen molar-refractivity contribution in [2.75, 3.05) is 10.0 Å². The second kappa shape index (κ2) is 8.58. The summed E-state index contributed by atoms with van der Waals surface area (Å²) in [6, 6.07) is 6.94. The van der Waals surface area contributed by atoms with Gasteiger partial charge in [0, 0.05) is 16.2 Å². The van der Waals surface area contributed by atoms with E-state index in [2.05, 4.69) is 30.7 Å². The summed E-state index contributed by atoms with van der Waals surface area (Å²) in [4.78, 5) is 12.0. The third-order valence-corrected chi connectivity index (χ3v) is 6.51. The summed E-state index contributed by atoms with van der Waals surface area (Å²) in [5.41, 5.74) is 0.357. The zero-order valence-corrected chi connectivity index (χ0v) is 18.7. The smallest absolute Gasteiger partial charge is 0.478 e. The van der Waals surface area contributed by atoms with Gasteiger partial charge in [0.15, 0.2) is 6.10 Å². The third kappa shape index (κ3) is 5.82. The molecule has 3 rings (SSSR count). The van der Waals surface area contributed by atoms with Gasteiger partial charge in [0.2, 0.25) is 0 Å². The molecule has 168 valence electrons. The van der Waals surface area contributed by atoms with Gasteiger partial charge in [-0.3, -0.25) is 9.52 Å². The number of hydrogen-bond acceptors (Lipinski definition) is 5. The predicted molar refractivity (Wildman–Crippen MR) is 111 cm³/mol. The summed E-state index contributed by atoms with van der Waals surface area (Å²) < 4.78 is 74.4. The molecule has 1 unspecified atom stereocenters. The minimum absolute atomic E-state index is 0.0334. The first-order chi connectivity index (χ1) is 14.3. The van der Waals surface area contributed by atoms with Crippen molar-refractivity contribution in [1.82, 2.24) is 0 Å². The number of nitrogens with one attached hydrogen (secondary N) is 2. The van der Waals surface area contributed by atoms with Crippen molar-refractivity contribution in [3.63, 3.8) is 0 Å². The SMILES string of the molecule is CC(C)CC1Oc2cc(S(=O)(=O)Nc3ccc(OC(F)(F)F)cc3)c(Br)cc2NC1=O. The number of hydrogen-bond donors (Lipinski definition) is 2. The van der Waals surface area contributed by atoms with Crippen molar-refractivity contribution >= 4 is 43.2 Å². The Balaban J connectivity index is 1.84. The molecule has 0 aromatic heterocycles. The van der Waals surface area contributed by atoms with Gasteiger partial charge in [-0.25, -0.2) is 8.42 Å². The first kappa shape index (κ1) is 23.2. The Hall–Kier alpha value is -2.47. The second-order valence-corrected chi connectivity index (χ2v) is 9.69. The van der Waals surface area contributed by atoms with Crippen molar-refractivity contribution in [2.45, 2.75) is 37.6 Å². The normalized spacial score (nSPS) is 16.4. The topological polar surface area (TPSA) is 93.7 Å². The number of benzene rings is 2. The van der Waals surface area contributed by atoms with Crippen LogP contribution >= 0.6 is 15.9 Å². The monoisotopic (exact) mass is 522 g/mol. The fourth-order valence-electron chi connectivity index (χ4n) is 2.87. The van der Waals surface area contributed by atoms with Crippen molar-refractivity contribution in [3.8, 4) is 11.5 Å². The first-order valence-corrected chi connectivity index (χ1v) is 11.3. The summed E-state index contributed by atoms with van der Waals surface area (Å²) in [6.45, 7) is 3.86. The summed E-state index contributed by atoms with van der Waals surface area (Å²) in [7, 11) is -4.13. The Morgan fingerprint density at radius 1 is 1.23 bits per heavy atom. The van der Waals surface area contributed by atoms with Crippen LogP contribution in [0.25, 0.3) is 0 Å². The van der Waals surface area contributed by atoms with Crippen molar-refractivity contribution in [2.24, 2.45) is 5.92 Å². The summed E-state index contributed by atoms with van der Waals surface area (Å²) in [6.07, 6.45) is -5.15.